The highest BCUT2D eigenvalue weighted by Gasteiger charge is 2.29. The van der Waals surface area contributed by atoms with Gasteiger partial charge in [-0.05, 0) is 56.1 Å². The molecule has 1 amide bonds. The van der Waals surface area contributed by atoms with E-state index >= 15 is 0 Å². The van der Waals surface area contributed by atoms with Crippen molar-refractivity contribution in [1.82, 2.24) is 35.0 Å². The monoisotopic (exact) mass is 421 g/mol. The van der Waals surface area contributed by atoms with E-state index in [0.717, 1.165) is 59.9 Å². The fourth-order valence-corrected chi connectivity index (χ4v) is 4.72. The number of hydrogen-bond donors (Lipinski definition) is 2. The van der Waals surface area contributed by atoms with Crippen molar-refractivity contribution in [3.63, 3.8) is 0 Å². The fraction of sp³-hybridized carbons (Fsp3) is 0.565. The molecule has 2 aliphatic rings. The molecule has 164 valence electrons. The number of aromatic amines is 1. The molecule has 5 rings (SSSR count). The first-order valence-electron chi connectivity index (χ1n) is 11.4. The second-order valence-corrected chi connectivity index (χ2v) is 9.45. The summed E-state index contributed by atoms with van der Waals surface area (Å²) in [6.45, 7) is 9.59. The number of H-pyrrole nitrogens is 1. The molecule has 8 heteroatoms. The summed E-state index contributed by atoms with van der Waals surface area (Å²) < 4.78 is 1.77. The van der Waals surface area contributed by atoms with Crippen molar-refractivity contribution in [1.29, 1.82) is 0 Å². The number of nitrogens with one attached hydrogen (secondary N) is 2. The summed E-state index contributed by atoms with van der Waals surface area (Å²) in [5, 5.41) is 15.1. The maximum atomic E-state index is 13.2. The number of aromatic nitrogens is 5. The van der Waals surface area contributed by atoms with E-state index in [9.17, 15) is 4.79 Å². The standard InChI is InChI=1S/C23H31N7O/c1-14(2)19-20(17-10-15(3)22-24-13-25-30(22)12-17)27-28-21(19)23(31)26-18-6-8-29(9-7-18)11-16-4-5-16/h10,12-14,16,18H,4-9,11H2,1-3H3,(H,26,31)(H,27,28). The zero-order valence-electron chi connectivity index (χ0n) is 18.6. The van der Waals surface area contributed by atoms with Crippen LogP contribution < -0.4 is 5.32 Å². The van der Waals surface area contributed by atoms with E-state index in [0.29, 0.717) is 5.69 Å². The van der Waals surface area contributed by atoms with Crippen molar-refractivity contribution in [2.24, 2.45) is 5.92 Å². The van der Waals surface area contributed by atoms with E-state index in [1.807, 2.05) is 13.1 Å². The molecule has 8 nitrogen and oxygen atoms in total. The number of carbonyl (C=O) groups excluding carboxylic acids is 1. The normalized spacial score (nSPS) is 18.2. The number of rotatable bonds is 6. The topological polar surface area (TPSA) is 91.2 Å². The first-order valence-corrected chi connectivity index (χ1v) is 11.4. The SMILES string of the molecule is Cc1cc(-c2[nH]nc(C(=O)NC3CCN(CC4CC4)CC3)c2C(C)C)cn2ncnc12. The second kappa shape index (κ2) is 8.07. The average molecular weight is 422 g/mol. The molecule has 1 aliphatic heterocycles. The van der Waals surface area contributed by atoms with Gasteiger partial charge in [0.1, 0.15) is 6.33 Å². The maximum Gasteiger partial charge on any atom is 0.272 e. The van der Waals surface area contributed by atoms with Crippen molar-refractivity contribution in [2.75, 3.05) is 19.6 Å². The van der Waals surface area contributed by atoms with Crippen LogP contribution in [-0.4, -0.2) is 61.3 Å². The van der Waals surface area contributed by atoms with Gasteiger partial charge in [0.25, 0.3) is 5.91 Å². The molecule has 0 atom stereocenters. The first-order chi connectivity index (χ1) is 15.0. The van der Waals surface area contributed by atoms with E-state index in [4.69, 9.17) is 0 Å². The summed E-state index contributed by atoms with van der Waals surface area (Å²) >= 11 is 0. The molecular formula is C23H31N7O. The fourth-order valence-electron chi connectivity index (χ4n) is 4.72. The Morgan fingerprint density at radius 1 is 1.26 bits per heavy atom. The minimum atomic E-state index is -0.0783. The van der Waals surface area contributed by atoms with Crippen molar-refractivity contribution >= 4 is 11.6 Å². The minimum Gasteiger partial charge on any atom is -0.348 e. The zero-order valence-corrected chi connectivity index (χ0v) is 18.6. The number of aryl methyl sites for hydroxylation is 1. The van der Waals surface area contributed by atoms with Gasteiger partial charge in [-0.1, -0.05) is 13.8 Å². The molecule has 0 aromatic carbocycles. The highest BCUT2D eigenvalue weighted by Crippen LogP contribution is 2.32. The zero-order chi connectivity index (χ0) is 21.5. The molecule has 2 N–H and O–H groups in total. The van der Waals surface area contributed by atoms with Crippen LogP contribution in [0.4, 0.5) is 0 Å². The van der Waals surface area contributed by atoms with Gasteiger partial charge in [-0.3, -0.25) is 9.89 Å². The highest BCUT2D eigenvalue weighted by molar-refractivity contribution is 5.96. The van der Waals surface area contributed by atoms with Crippen LogP contribution in [0.25, 0.3) is 16.9 Å². The van der Waals surface area contributed by atoms with Crippen LogP contribution in [0.5, 0.6) is 0 Å². The van der Waals surface area contributed by atoms with Crippen LogP contribution in [0, 0.1) is 12.8 Å². The van der Waals surface area contributed by atoms with Crippen molar-refractivity contribution in [2.45, 2.75) is 58.4 Å². The molecule has 0 radical (unpaired) electrons. The van der Waals surface area contributed by atoms with E-state index < -0.39 is 0 Å². The summed E-state index contributed by atoms with van der Waals surface area (Å²) in [6.07, 6.45) is 8.28. The number of carbonyl (C=O) groups is 1. The van der Waals surface area contributed by atoms with Crippen LogP contribution >= 0.6 is 0 Å². The molecule has 4 heterocycles. The van der Waals surface area contributed by atoms with E-state index in [1.165, 1.54) is 19.4 Å². The summed E-state index contributed by atoms with van der Waals surface area (Å²) in [7, 11) is 0. The third-order valence-electron chi connectivity index (χ3n) is 6.58. The molecule has 0 unspecified atom stereocenters. The summed E-state index contributed by atoms with van der Waals surface area (Å²) in [5.41, 5.74) is 5.15. The Kier molecular flexibility index (Phi) is 5.25. The molecule has 2 fully saturated rings. The van der Waals surface area contributed by atoms with Crippen LogP contribution in [0.2, 0.25) is 0 Å². The van der Waals surface area contributed by atoms with Crippen molar-refractivity contribution in [3.8, 4) is 11.3 Å². The predicted molar refractivity (Wildman–Crippen MR) is 119 cm³/mol. The van der Waals surface area contributed by atoms with E-state index in [1.54, 1.807) is 10.8 Å². The summed E-state index contributed by atoms with van der Waals surface area (Å²) in [5.74, 6) is 0.995. The molecule has 1 aliphatic carbocycles. The molecule has 0 spiro atoms. The molecule has 0 bridgehead atoms. The number of amides is 1. The lowest BCUT2D eigenvalue weighted by Gasteiger charge is -2.32. The third-order valence-corrected chi connectivity index (χ3v) is 6.58. The first kappa shape index (κ1) is 20.2. The largest absolute Gasteiger partial charge is 0.348 e. The second-order valence-electron chi connectivity index (χ2n) is 9.45. The quantitative estimate of drug-likeness (QED) is 0.638. The lowest BCUT2D eigenvalue weighted by atomic mass is 9.96. The maximum absolute atomic E-state index is 13.2. The average Bonchev–Trinajstić information content (AvgIpc) is 3.25. The number of hydrogen-bond acceptors (Lipinski definition) is 5. The summed E-state index contributed by atoms with van der Waals surface area (Å²) in [4.78, 5) is 20.0. The lowest BCUT2D eigenvalue weighted by molar-refractivity contribution is 0.0903. The van der Waals surface area contributed by atoms with Crippen molar-refractivity contribution in [3.05, 3.63) is 35.4 Å². The Morgan fingerprint density at radius 2 is 2.03 bits per heavy atom. The van der Waals surface area contributed by atoms with Gasteiger partial charge in [-0.15, -0.1) is 0 Å². The Labute approximate surface area is 182 Å². The molecule has 3 aromatic rings. The Bertz CT molecular complexity index is 1090. The Morgan fingerprint density at radius 3 is 2.74 bits per heavy atom. The number of fused-ring (bicyclic) bond motifs is 1. The Hall–Kier alpha value is -2.74. The molecule has 1 saturated carbocycles. The van der Waals surface area contributed by atoms with Gasteiger partial charge in [-0.2, -0.15) is 10.2 Å². The minimum absolute atomic E-state index is 0.0783. The molecule has 31 heavy (non-hydrogen) atoms. The van der Waals surface area contributed by atoms with Gasteiger partial charge < -0.3 is 10.2 Å². The number of piperidine rings is 1. The number of likely N-dealkylation sites (tertiary alicyclic amines) is 1. The lowest BCUT2D eigenvalue weighted by Crippen LogP contribution is -2.45. The van der Waals surface area contributed by atoms with Gasteiger partial charge in [0.2, 0.25) is 0 Å². The third kappa shape index (κ3) is 4.08. The smallest absolute Gasteiger partial charge is 0.272 e. The summed E-state index contributed by atoms with van der Waals surface area (Å²) in [6, 6.07) is 2.29. The molecular weight excluding hydrogens is 390 g/mol. The number of nitrogens with zero attached hydrogens (tertiary/aromatic N) is 5. The highest BCUT2D eigenvalue weighted by atomic mass is 16.2. The van der Waals surface area contributed by atoms with E-state index in [-0.39, 0.29) is 17.9 Å². The Balaban J connectivity index is 1.34. The van der Waals surface area contributed by atoms with E-state index in [2.05, 4.69) is 50.4 Å². The van der Waals surface area contributed by atoms with Crippen LogP contribution in [0.15, 0.2) is 18.6 Å². The molecule has 3 aromatic heterocycles. The van der Waals surface area contributed by atoms with Crippen LogP contribution in [0.3, 0.4) is 0 Å². The predicted octanol–water partition coefficient (Wildman–Crippen LogP) is 3.16. The van der Waals surface area contributed by atoms with Crippen LogP contribution in [0.1, 0.15) is 67.1 Å². The van der Waals surface area contributed by atoms with Gasteiger partial charge in [0.15, 0.2) is 11.3 Å². The van der Waals surface area contributed by atoms with Crippen molar-refractivity contribution < 1.29 is 4.79 Å². The number of pyridine rings is 1. The molecule has 1 saturated heterocycles. The van der Waals surface area contributed by atoms with Gasteiger partial charge in [0, 0.05) is 43.0 Å². The van der Waals surface area contributed by atoms with Gasteiger partial charge in [-0.25, -0.2) is 9.50 Å². The van der Waals surface area contributed by atoms with Gasteiger partial charge >= 0.3 is 0 Å². The van der Waals surface area contributed by atoms with Crippen LogP contribution in [-0.2, 0) is 0 Å². The van der Waals surface area contributed by atoms with Gasteiger partial charge in [0.05, 0.1) is 5.69 Å².